The number of halogens is 3. The number of hydrogen-bond acceptors (Lipinski definition) is 7. The molecule has 0 spiro atoms. The van der Waals surface area contributed by atoms with E-state index in [9.17, 15) is 18.0 Å². The van der Waals surface area contributed by atoms with Gasteiger partial charge in [-0.3, -0.25) is 10.0 Å². The highest BCUT2D eigenvalue weighted by molar-refractivity contribution is 5.92. The standard InChI is InChI=1S/C17H16F3N5O3/c18-17(19,20)28-14-3-1-2-11(5-14)24-8-13-4-12(24)9-25(13)16-21-6-10(7-22-16)15(26)23-27/h1-3,5-7,12-13,27H,4,8-9H2,(H,23,26). The topological polar surface area (TPSA) is 90.8 Å². The molecule has 1 aromatic carbocycles. The van der Waals surface area contributed by atoms with Crippen LogP contribution in [0, 0.1) is 0 Å². The van der Waals surface area contributed by atoms with Crippen LogP contribution in [0.2, 0.25) is 0 Å². The monoisotopic (exact) mass is 395 g/mol. The Morgan fingerprint density at radius 2 is 1.86 bits per heavy atom. The molecule has 148 valence electrons. The fourth-order valence-electron chi connectivity index (χ4n) is 3.74. The van der Waals surface area contributed by atoms with Crippen LogP contribution in [0.5, 0.6) is 5.75 Å². The zero-order valence-electron chi connectivity index (χ0n) is 14.4. The first-order valence-electron chi connectivity index (χ1n) is 8.49. The van der Waals surface area contributed by atoms with Gasteiger partial charge >= 0.3 is 6.36 Å². The quantitative estimate of drug-likeness (QED) is 0.604. The van der Waals surface area contributed by atoms with Crippen LogP contribution in [0.4, 0.5) is 24.8 Å². The maximum Gasteiger partial charge on any atom is 0.573 e. The Morgan fingerprint density at radius 3 is 2.46 bits per heavy atom. The number of nitrogens with one attached hydrogen (secondary N) is 1. The Bertz CT molecular complexity index is 877. The van der Waals surface area contributed by atoms with Crippen molar-refractivity contribution in [1.29, 1.82) is 0 Å². The minimum Gasteiger partial charge on any atom is -0.406 e. The summed E-state index contributed by atoms with van der Waals surface area (Å²) in [5, 5.41) is 8.63. The van der Waals surface area contributed by atoms with E-state index in [2.05, 4.69) is 19.6 Å². The number of alkyl halides is 3. The lowest BCUT2D eigenvalue weighted by Gasteiger charge is -2.35. The summed E-state index contributed by atoms with van der Waals surface area (Å²) >= 11 is 0. The second-order valence-corrected chi connectivity index (χ2v) is 6.61. The minimum absolute atomic E-state index is 0.106. The number of rotatable bonds is 4. The van der Waals surface area contributed by atoms with Crippen molar-refractivity contribution in [2.45, 2.75) is 24.9 Å². The van der Waals surface area contributed by atoms with E-state index in [4.69, 9.17) is 5.21 Å². The van der Waals surface area contributed by atoms with Gasteiger partial charge in [-0.25, -0.2) is 15.4 Å². The molecule has 2 aliphatic heterocycles. The number of carbonyl (C=O) groups excluding carboxylic acids is 1. The van der Waals surface area contributed by atoms with Crippen molar-refractivity contribution in [3.05, 3.63) is 42.2 Å². The Morgan fingerprint density at radius 1 is 1.18 bits per heavy atom. The van der Waals surface area contributed by atoms with Gasteiger partial charge < -0.3 is 14.5 Å². The number of carbonyl (C=O) groups is 1. The maximum absolute atomic E-state index is 12.4. The zero-order valence-corrected chi connectivity index (χ0v) is 14.4. The fourth-order valence-corrected chi connectivity index (χ4v) is 3.74. The summed E-state index contributed by atoms with van der Waals surface area (Å²) in [5.74, 6) is -0.469. The van der Waals surface area contributed by atoms with Crippen LogP contribution in [0.25, 0.3) is 0 Å². The number of anilines is 2. The van der Waals surface area contributed by atoms with Crippen molar-refractivity contribution < 1.29 is 27.9 Å². The molecule has 1 amide bonds. The van der Waals surface area contributed by atoms with Gasteiger partial charge in [0, 0.05) is 43.3 Å². The average molecular weight is 395 g/mol. The number of ether oxygens (including phenoxy) is 1. The molecule has 3 heterocycles. The summed E-state index contributed by atoms with van der Waals surface area (Å²) in [6.07, 6.45) is -1.24. The van der Waals surface area contributed by atoms with Gasteiger partial charge in [0.2, 0.25) is 5.95 Å². The number of fused-ring (bicyclic) bond motifs is 2. The van der Waals surface area contributed by atoms with Crippen molar-refractivity contribution in [3.8, 4) is 5.75 Å². The smallest absolute Gasteiger partial charge is 0.406 e. The van der Waals surface area contributed by atoms with Gasteiger partial charge in [0.05, 0.1) is 11.6 Å². The molecule has 0 aliphatic carbocycles. The number of hydrogen-bond donors (Lipinski definition) is 2. The summed E-state index contributed by atoms with van der Waals surface area (Å²) in [4.78, 5) is 23.8. The van der Waals surface area contributed by atoms with Gasteiger partial charge in [-0.2, -0.15) is 0 Å². The van der Waals surface area contributed by atoms with Crippen LogP contribution in [-0.2, 0) is 0 Å². The first-order chi connectivity index (χ1) is 13.3. The Kier molecular flexibility index (Phi) is 4.46. The normalized spacial score (nSPS) is 21.1. The highest BCUT2D eigenvalue weighted by Crippen LogP contribution is 2.37. The molecule has 2 fully saturated rings. The van der Waals surface area contributed by atoms with Crippen LogP contribution in [0.1, 0.15) is 16.8 Å². The largest absolute Gasteiger partial charge is 0.573 e. The summed E-state index contributed by atoms with van der Waals surface area (Å²) in [6.45, 7) is 1.23. The predicted octanol–water partition coefficient (Wildman–Crippen LogP) is 1.96. The van der Waals surface area contributed by atoms with Crippen molar-refractivity contribution in [1.82, 2.24) is 15.4 Å². The second kappa shape index (κ2) is 6.82. The number of aromatic nitrogens is 2. The van der Waals surface area contributed by atoms with E-state index in [1.165, 1.54) is 36.1 Å². The van der Waals surface area contributed by atoms with Crippen molar-refractivity contribution in [2.24, 2.45) is 0 Å². The molecule has 8 nitrogen and oxygen atoms in total. The molecular weight excluding hydrogens is 379 g/mol. The van der Waals surface area contributed by atoms with Crippen LogP contribution in [0.15, 0.2) is 36.7 Å². The molecule has 11 heteroatoms. The maximum atomic E-state index is 12.4. The summed E-state index contributed by atoms with van der Waals surface area (Å²) in [7, 11) is 0. The Balaban J connectivity index is 1.46. The highest BCUT2D eigenvalue weighted by atomic mass is 19.4. The Labute approximate surface area is 157 Å². The van der Waals surface area contributed by atoms with Gasteiger partial charge in [0.25, 0.3) is 5.91 Å². The third-order valence-electron chi connectivity index (χ3n) is 4.88. The van der Waals surface area contributed by atoms with E-state index in [0.29, 0.717) is 24.7 Å². The molecule has 2 saturated heterocycles. The predicted molar refractivity (Wildman–Crippen MR) is 91.3 cm³/mol. The van der Waals surface area contributed by atoms with Gasteiger partial charge in [0.15, 0.2) is 0 Å². The van der Waals surface area contributed by atoms with Gasteiger partial charge in [-0.1, -0.05) is 6.07 Å². The van der Waals surface area contributed by atoms with Crippen molar-refractivity contribution in [2.75, 3.05) is 22.9 Å². The number of benzene rings is 1. The average Bonchev–Trinajstić information content (AvgIpc) is 3.27. The minimum atomic E-state index is -4.73. The molecule has 2 N–H and O–H groups in total. The molecule has 2 aliphatic rings. The highest BCUT2D eigenvalue weighted by Gasteiger charge is 2.44. The third kappa shape index (κ3) is 3.52. The summed E-state index contributed by atoms with van der Waals surface area (Å²) in [6, 6.07) is 6.17. The number of hydroxylamine groups is 1. The van der Waals surface area contributed by atoms with Gasteiger partial charge in [-0.05, 0) is 18.6 Å². The van der Waals surface area contributed by atoms with Crippen molar-refractivity contribution in [3.63, 3.8) is 0 Å². The number of nitrogens with zero attached hydrogens (tertiary/aromatic N) is 4. The lowest BCUT2D eigenvalue weighted by atomic mass is 10.2. The van der Waals surface area contributed by atoms with Crippen LogP contribution >= 0.6 is 0 Å². The molecule has 2 atom stereocenters. The molecule has 0 saturated carbocycles. The van der Waals surface area contributed by atoms with E-state index in [1.807, 2.05) is 4.90 Å². The van der Waals surface area contributed by atoms with Gasteiger partial charge in [0.1, 0.15) is 5.75 Å². The van der Waals surface area contributed by atoms with E-state index in [-0.39, 0.29) is 23.4 Å². The molecule has 0 radical (unpaired) electrons. The first kappa shape index (κ1) is 18.3. The van der Waals surface area contributed by atoms with Crippen LogP contribution < -0.4 is 20.0 Å². The molecule has 2 aromatic rings. The van der Waals surface area contributed by atoms with E-state index >= 15 is 0 Å². The zero-order chi connectivity index (χ0) is 19.9. The molecule has 28 heavy (non-hydrogen) atoms. The van der Waals surface area contributed by atoms with Crippen LogP contribution in [-0.4, -0.2) is 52.6 Å². The first-order valence-corrected chi connectivity index (χ1v) is 8.49. The SMILES string of the molecule is O=C(NO)c1cnc(N2CC3CC2CN3c2cccc(OC(F)(F)F)c2)nc1. The van der Waals surface area contributed by atoms with E-state index in [0.717, 1.165) is 6.42 Å². The molecular formula is C17H16F3N5O3. The molecule has 2 unspecified atom stereocenters. The lowest BCUT2D eigenvalue weighted by Crippen LogP contribution is -2.47. The molecule has 2 bridgehead atoms. The van der Waals surface area contributed by atoms with Gasteiger partial charge in [-0.15, -0.1) is 13.2 Å². The van der Waals surface area contributed by atoms with Crippen molar-refractivity contribution >= 4 is 17.5 Å². The molecule has 1 aromatic heterocycles. The Hall–Kier alpha value is -3.08. The number of amides is 1. The summed E-state index contributed by atoms with van der Waals surface area (Å²) < 4.78 is 41.3. The lowest BCUT2D eigenvalue weighted by molar-refractivity contribution is -0.274. The fraction of sp³-hybridized carbons (Fsp3) is 0.353. The van der Waals surface area contributed by atoms with E-state index < -0.39 is 12.3 Å². The number of piperazine rings is 1. The second-order valence-electron chi connectivity index (χ2n) is 6.61. The van der Waals surface area contributed by atoms with Crippen LogP contribution in [0.3, 0.4) is 0 Å². The molecule has 4 rings (SSSR count). The summed E-state index contributed by atoms with van der Waals surface area (Å²) in [5.41, 5.74) is 2.33. The van der Waals surface area contributed by atoms with E-state index in [1.54, 1.807) is 6.07 Å². The third-order valence-corrected chi connectivity index (χ3v) is 4.88.